The first-order valence-electron chi connectivity index (χ1n) is 14.6. The van der Waals surface area contributed by atoms with E-state index in [0.717, 1.165) is 0 Å². The van der Waals surface area contributed by atoms with Crippen molar-refractivity contribution in [3.05, 3.63) is 129 Å². The van der Waals surface area contributed by atoms with Gasteiger partial charge in [0, 0.05) is 34.0 Å². The molecule has 0 heterocycles. The fraction of sp³-hybridized carbons (Fsp3) is 0.143. The number of ether oxygens (including phenoxy) is 2. The van der Waals surface area contributed by atoms with Crippen LogP contribution in [0, 0.1) is 0 Å². The zero-order chi connectivity index (χ0) is 33.4. The summed E-state index contributed by atoms with van der Waals surface area (Å²) in [6.45, 7) is 0. The summed E-state index contributed by atoms with van der Waals surface area (Å²) in [5.74, 6) is -1.11. The maximum Gasteiger partial charge on any atom is 0.343 e. The van der Waals surface area contributed by atoms with Gasteiger partial charge in [0.05, 0.1) is 23.6 Å². The molecular formula is C35H30Cl2N4O6. The summed E-state index contributed by atoms with van der Waals surface area (Å²) in [6.07, 6.45) is 4.98. The van der Waals surface area contributed by atoms with Gasteiger partial charge in [0.25, 0.3) is 0 Å². The molecule has 2 amide bonds. The molecular weight excluding hydrogens is 643 g/mol. The van der Waals surface area contributed by atoms with Crippen LogP contribution in [0.25, 0.3) is 0 Å². The van der Waals surface area contributed by atoms with Gasteiger partial charge >= 0.3 is 11.9 Å². The van der Waals surface area contributed by atoms with Gasteiger partial charge in [-0.3, -0.25) is 9.59 Å². The Morgan fingerprint density at radius 2 is 0.936 bits per heavy atom. The van der Waals surface area contributed by atoms with E-state index < -0.39 is 11.9 Å². The van der Waals surface area contributed by atoms with Gasteiger partial charge in [0.1, 0.15) is 11.5 Å². The topological polar surface area (TPSA) is 136 Å². The van der Waals surface area contributed by atoms with Crippen molar-refractivity contribution in [3.8, 4) is 11.5 Å². The fourth-order valence-electron chi connectivity index (χ4n) is 4.06. The van der Waals surface area contributed by atoms with Crippen molar-refractivity contribution in [1.29, 1.82) is 0 Å². The molecule has 4 aromatic rings. The molecule has 0 aliphatic rings. The molecule has 2 N–H and O–H groups in total. The Bertz CT molecular complexity index is 1630. The molecule has 0 aliphatic carbocycles. The summed E-state index contributed by atoms with van der Waals surface area (Å²) >= 11 is 11.7. The molecule has 4 aromatic carbocycles. The molecule has 240 valence electrons. The summed E-state index contributed by atoms with van der Waals surface area (Å²) in [5.41, 5.74) is 6.62. The van der Waals surface area contributed by atoms with Crippen molar-refractivity contribution in [1.82, 2.24) is 10.9 Å². The molecule has 12 heteroatoms. The summed E-state index contributed by atoms with van der Waals surface area (Å²) in [4.78, 5) is 49.3. The lowest BCUT2D eigenvalue weighted by molar-refractivity contribution is -0.121. The second kappa shape index (κ2) is 18.0. The molecule has 0 unspecified atom stereocenters. The van der Waals surface area contributed by atoms with Gasteiger partial charge in [-0.1, -0.05) is 53.9 Å². The Kier molecular flexibility index (Phi) is 13.2. The predicted octanol–water partition coefficient (Wildman–Crippen LogP) is 6.98. The number of carbonyl (C=O) groups is 4. The first-order chi connectivity index (χ1) is 22.8. The molecule has 47 heavy (non-hydrogen) atoms. The quantitative estimate of drug-likeness (QED) is 0.0488. The Hall–Kier alpha value is -5.32. The number of para-hydroxylation sites is 2. The van der Waals surface area contributed by atoms with Crippen molar-refractivity contribution in [3.63, 3.8) is 0 Å². The van der Waals surface area contributed by atoms with E-state index >= 15 is 0 Å². The van der Waals surface area contributed by atoms with E-state index in [-0.39, 0.29) is 36.2 Å². The van der Waals surface area contributed by atoms with Gasteiger partial charge in [-0.05, 0) is 85.6 Å². The average Bonchev–Trinajstić information content (AvgIpc) is 3.06. The number of halogens is 2. The van der Waals surface area contributed by atoms with Crippen molar-refractivity contribution in [2.75, 3.05) is 0 Å². The van der Waals surface area contributed by atoms with E-state index in [4.69, 9.17) is 32.7 Å². The highest BCUT2D eigenvalue weighted by Crippen LogP contribution is 2.20. The van der Waals surface area contributed by atoms with Crippen LogP contribution in [-0.4, -0.2) is 36.2 Å². The number of benzene rings is 4. The Labute approximate surface area is 281 Å². The lowest BCUT2D eigenvalue weighted by atomic mass is 10.1. The zero-order valence-corrected chi connectivity index (χ0v) is 26.5. The minimum absolute atomic E-state index is 0.218. The Morgan fingerprint density at radius 3 is 1.34 bits per heavy atom. The number of hydrogen-bond donors (Lipinski definition) is 2. The smallest absolute Gasteiger partial charge is 0.343 e. The second-order valence-electron chi connectivity index (χ2n) is 10.0. The molecule has 0 saturated carbocycles. The normalized spacial score (nSPS) is 10.9. The first kappa shape index (κ1) is 34.6. The van der Waals surface area contributed by atoms with Crippen LogP contribution in [0.15, 0.2) is 107 Å². The summed E-state index contributed by atoms with van der Waals surface area (Å²) in [6, 6.07) is 26.2. The molecule has 10 nitrogen and oxygen atoms in total. The molecule has 0 aromatic heterocycles. The van der Waals surface area contributed by atoms with Gasteiger partial charge in [-0.15, -0.1) is 0 Å². The zero-order valence-electron chi connectivity index (χ0n) is 25.0. The third-order valence-electron chi connectivity index (χ3n) is 6.50. The van der Waals surface area contributed by atoms with Crippen molar-refractivity contribution in [2.24, 2.45) is 10.2 Å². The van der Waals surface area contributed by atoms with Gasteiger partial charge < -0.3 is 9.47 Å². The van der Waals surface area contributed by atoms with Gasteiger partial charge in [-0.2, -0.15) is 10.2 Å². The van der Waals surface area contributed by atoms with Crippen LogP contribution in [-0.2, 0) is 9.59 Å². The molecule has 0 aliphatic heterocycles. The summed E-state index contributed by atoms with van der Waals surface area (Å²) in [5, 5.41) is 8.96. The number of unbranched alkanes of at least 4 members (excludes halogenated alkanes) is 2. The average molecular weight is 674 g/mol. The number of amides is 2. The number of nitrogens with one attached hydrogen (secondary N) is 2. The lowest BCUT2D eigenvalue weighted by Crippen LogP contribution is -2.18. The van der Waals surface area contributed by atoms with E-state index in [1.807, 2.05) is 0 Å². The van der Waals surface area contributed by atoms with Crippen LogP contribution in [0.5, 0.6) is 11.5 Å². The monoisotopic (exact) mass is 672 g/mol. The number of esters is 2. The maximum absolute atomic E-state index is 12.4. The SMILES string of the molecule is O=C(CCCCCC(=O)N/N=C/c1ccccc1OC(=O)c1ccc(Cl)cc1)N/N=C\c1ccccc1OC(=O)c1ccc(Cl)cc1. The first-order valence-corrected chi connectivity index (χ1v) is 15.3. The standard InChI is InChI=1S/C35H30Cl2N4O6/c36-28-18-14-24(15-19-28)34(44)46-30-10-6-4-8-26(30)22-38-40-32(42)12-2-1-3-13-33(43)41-39-23-27-9-5-7-11-31(27)47-35(45)25-16-20-29(37)21-17-25/h4-11,14-23H,1-3,12-13H2,(H,40,42)(H,41,43)/b38-22-,39-23+. The Morgan fingerprint density at radius 1 is 0.553 bits per heavy atom. The molecule has 0 atom stereocenters. The van der Waals surface area contributed by atoms with E-state index in [1.165, 1.54) is 12.4 Å². The predicted molar refractivity (Wildman–Crippen MR) is 180 cm³/mol. The molecule has 4 rings (SSSR count). The van der Waals surface area contributed by atoms with Crippen LogP contribution < -0.4 is 20.3 Å². The van der Waals surface area contributed by atoms with Crippen molar-refractivity contribution < 1.29 is 28.7 Å². The van der Waals surface area contributed by atoms with Crippen LogP contribution >= 0.6 is 23.2 Å². The van der Waals surface area contributed by atoms with E-state index in [2.05, 4.69) is 21.1 Å². The van der Waals surface area contributed by atoms with Crippen LogP contribution in [0.2, 0.25) is 10.0 Å². The number of carbonyl (C=O) groups excluding carboxylic acids is 4. The Balaban J connectivity index is 1.13. The van der Waals surface area contributed by atoms with Gasteiger partial charge in [0.15, 0.2) is 0 Å². The highest BCUT2D eigenvalue weighted by molar-refractivity contribution is 6.31. The number of hydrogen-bond acceptors (Lipinski definition) is 8. The van der Waals surface area contributed by atoms with E-state index in [1.54, 1.807) is 97.1 Å². The lowest BCUT2D eigenvalue weighted by Gasteiger charge is -2.07. The highest BCUT2D eigenvalue weighted by Gasteiger charge is 2.12. The minimum atomic E-state index is -0.550. The van der Waals surface area contributed by atoms with Crippen molar-refractivity contribution in [2.45, 2.75) is 32.1 Å². The third-order valence-corrected chi connectivity index (χ3v) is 7.00. The molecule has 0 radical (unpaired) electrons. The largest absolute Gasteiger partial charge is 0.422 e. The fourth-order valence-corrected chi connectivity index (χ4v) is 4.31. The van der Waals surface area contributed by atoms with Gasteiger partial charge in [0.2, 0.25) is 11.8 Å². The number of rotatable bonds is 14. The molecule has 0 bridgehead atoms. The maximum atomic E-state index is 12.4. The number of nitrogens with zero attached hydrogens (tertiary/aromatic N) is 2. The molecule has 0 fully saturated rings. The van der Waals surface area contributed by atoms with E-state index in [0.29, 0.717) is 51.6 Å². The third kappa shape index (κ3) is 11.5. The van der Waals surface area contributed by atoms with Crippen LogP contribution in [0.4, 0.5) is 0 Å². The van der Waals surface area contributed by atoms with Gasteiger partial charge in [-0.25, -0.2) is 20.4 Å². The summed E-state index contributed by atoms with van der Waals surface area (Å²) in [7, 11) is 0. The van der Waals surface area contributed by atoms with Crippen LogP contribution in [0.3, 0.4) is 0 Å². The van der Waals surface area contributed by atoms with Crippen LogP contribution in [0.1, 0.15) is 63.9 Å². The van der Waals surface area contributed by atoms with E-state index in [9.17, 15) is 19.2 Å². The minimum Gasteiger partial charge on any atom is -0.422 e. The molecule has 0 spiro atoms. The second-order valence-corrected chi connectivity index (χ2v) is 10.9. The summed E-state index contributed by atoms with van der Waals surface area (Å²) < 4.78 is 11.0. The number of hydrazone groups is 2. The highest BCUT2D eigenvalue weighted by atomic mass is 35.5. The van der Waals surface area contributed by atoms with Crippen molar-refractivity contribution >= 4 is 59.4 Å². The molecule has 0 saturated heterocycles.